The first-order chi connectivity index (χ1) is 12.5. The molecule has 0 atom stereocenters. The molecule has 0 N–H and O–H groups in total. The van der Waals surface area contributed by atoms with Gasteiger partial charge in [0, 0.05) is 5.57 Å². The third-order valence-electron chi connectivity index (χ3n) is 3.46. The average molecular weight is 391 g/mol. The predicted molar refractivity (Wildman–Crippen MR) is 99.3 cm³/mol. The first-order valence-electron chi connectivity index (χ1n) is 7.13. The zero-order chi connectivity index (χ0) is 19.1. The van der Waals surface area contributed by atoms with Gasteiger partial charge in [-0.3, -0.25) is 0 Å². The summed E-state index contributed by atoms with van der Waals surface area (Å²) in [5, 5.41) is 0. The van der Waals surface area contributed by atoms with Crippen LogP contribution in [0, 0.1) is 0 Å². The van der Waals surface area contributed by atoms with Crippen LogP contribution in [0.4, 0.5) is 11.4 Å². The molecule has 0 amide bonds. The second-order valence-corrected chi connectivity index (χ2v) is 5.76. The van der Waals surface area contributed by atoms with Crippen molar-refractivity contribution in [2.75, 3.05) is 14.2 Å². The van der Waals surface area contributed by atoms with E-state index in [2.05, 4.69) is 9.98 Å². The molecule has 0 spiro atoms. The Morgan fingerprint density at radius 1 is 0.846 bits per heavy atom. The fourth-order valence-electron chi connectivity index (χ4n) is 2.35. The van der Waals surface area contributed by atoms with Gasteiger partial charge in [-0.25, -0.2) is 9.59 Å². The highest BCUT2D eigenvalue weighted by Gasteiger charge is 2.15. The lowest BCUT2D eigenvalue weighted by molar-refractivity contribution is 0.416. The Morgan fingerprint density at radius 2 is 1.27 bits per heavy atom. The molecule has 0 aliphatic heterocycles. The van der Waals surface area contributed by atoms with Gasteiger partial charge in [0.25, 0.3) is 0 Å². The van der Waals surface area contributed by atoms with E-state index in [0.29, 0.717) is 28.2 Å². The number of isocyanates is 2. The third-order valence-corrected chi connectivity index (χ3v) is 3.83. The average Bonchev–Trinajstić information content (AvgIpc) is 2.63. The number of carbonyl (C=O) groups excluding carboxylic acids is 2. The van der Waals surface area contributed by atoms with Crippen molar-refractivity contribution < 1.29 is 19.1 Å². The molecule has 0 aromatic heterocycles. The molecule has 0 radical (unpaired) electrons. The van der Waals surface area contributed by atoms with Gasteiger partial charge in [-0.2, -0.15) is 9.98 Å². The summed E-state index contributed by atoms with van der Waals surface area (Å²) >= 11 is 12.2. The van der Waals surface area contributed by atoms with Crippen molar-refractivity contribution in [1.82, 2.24) is 0 Å². The van der Waals surface area contributed by atoms with E-state index in [1.807, 2.05) is 0 Å². The molecule has 0 heterocycles. The van der Waals surface area contributed by atoms with E-state index in [-0.39, 0.29) is 15.9 Å². The lowest BCUT2D eigenvalue weighted by Crippen LogP contribution is -1.92. The highest BCUT2D eigenvalue weighted by molar-refractivity contribution is 6.59. The minimum atomic E-state index is -0.0256. The number of nitrogens with zero attached hydrogens (tertiary/aromatic N) is 2. The second kappa shape index (κ2) is 8.99. The van der Waals surface area contributed by atoms with Gasteiger partial charge in [-0.05, 0) is 35.4 Å². The van der Waals surface area contributed by atoms with E-state index in [1.165, 1.54) is 26.4 Å². The monoisotopic (exact) mass is 390 g/mol. The van der Waals surface area contributed by atoms with Gasteiger partial charge in [0.05, 0.1) is 14.2 Å². The fourth-order valence-corrected chi connectivity index (χ4v) is 2.79. The maximum absolute atomic E-state index is 10.6. The van der Waals surface area contributed by atoms with Crippen LogP contribution in [-0.4, -0.2) is 26.4 Å². The van der Waals surface area contributed by atoms with Gasteiger partial charge in [-0.15, -0.1) is 0 Å². The van der Waals surface area contributed by atoms with Crippen LogP contribution < -0.4 is 9.47 Å². The van der Waals surface area contributed by atoms with E-state index in [1.54, 1.807) is 36.4 Å². The van der Waals surface area contributed by atoms with Crippen molar-refractivity contribution in [1.29, 1.82) is 0 Å². The normalized spacial score (nSPS) is 9.54. The lowest BCUT2D eigenvalue weighted by Gasteiger charge is -2.13. The van der Waals surface area contributed by atoms with Crippen LogP contribution in [0.15, 0.2) is 50.9 Å². The molecule has 0 unspecified atom stereocenters. The SMILES string of the molecule is COc1ccc(C(=C(Cl)Cl)c2ccc(OC)c(N=C=O)c2)cc1N=C=O. The summed E-state index contributed by atoms with van der Waals surface area (Å²) in [6.07, 6.45) is 2.95. The standard InChI is InChI=1S/C18H12Cl2N2O4/c1-25-15-5-3-11(7-13(15)21-9-23)17(18(19)20)12-4-6-16(26-2)14(8-12)22-10-24/h3-8H,1-2H3. The first kappa shape index (κ1) is 19.4. The topological polar surface area (TPSA) is 77.3 Å². The molecular formula is C18H12Cl2N2O4. The summed E-state index contributed by atoms with van der Waals surface area (Å²) in [5.74, 6) is 0.784. The van der Waals surface area contributed by atoms with E-state index < -0.39 is 0 Å². The molecule has 8 heteroatoms. The summed E-state index contributed by atoms with van der Waals surface area (Å²) in [6.45, 7) is 0. The van der Waals surface area contributed by atoms with Crippen LogP contribution in [0.3, 0.4) is 0 Å². The smallest absolute Gasteiger partial charge is 0.240 e. The number of rotatable bonds is 6. The Hall–Kier alpha value is -2.88. The second-order valence-electron chi connectivity index (χ2n) is 4.81. The summed E-state index contributed by atoms with van der Waals surface area (Å²) in [4.78, 5) is 28.5. The van der Waals surface area contributed by atoms with Crippen LogP contribution >= 0.6 is 23.2 Å². The molecular weight excluding hydrogens is 379 g/mol. The molecule has 0 fully saturated rings. The largest absolute Gasteiger partial charge is 0.494 e. The number of hydrogen-bond donors (Lipinski definition) is 0. The van der Waals surface area contributed by atoms with Crippen molar-refractivity contribution in [3.05, 3.63) is 52.0 Å². The van der Waals surface area contributed by atoms with Gasteiger partial charge >= 0.3 is 0 Å². The number of methoxy groups -OCH3 is 2. The highest BCUT2D eigenvalue weighted by atomic mass is 35.5. The maximum atomic E-state index is 10.6. The van der Waals surface area contributed by atoms with Crippen molar-refractivity contribution >= 4 is 52.3 Å². The van der Waals surface area contributed by atoms with E-state index in [0.717, 1.165) is 0 Å². The molecule has 0 aliphatic rings. The van der Waals surface area contributed by atoms with Crippen molar-refractivity contribution in [3.63, 3.8) is 0 Å². The Labute approximate surface area is 159 Å². The van der Waals surface area contributed by atoms with Crippen LogP contribution in [0.2, 0.25) is 0 Å². The summed E-state index contributed by atoms with van der Waals surface area (Å²) < 4.78 is 10.3. The summed E-state index contributed by atoms with van der Waals surface area (Å²) in [7, 11) is 2.91. The number of halogens is 2. The van der Waals surface area contributed by atoms with E-state index in [4.69, 9.17) is 32.7 Å². The Balaban J connectivity index is 2.67. The molecule has 0 saturated carbocycles. The quantitative estimate of drug-likeness (QED) is 0.522. The van der Waals surface area contributed by atoms with Crippen molar-refractivity contribution in [3.8, 4) is 11.5 Å². The minimum Gasteiger partial charge on any atom is -0.494 e. The third kappa shape index (κ3) is 4.20. The molecule has 0 saturated heterocycles. The molecule has 0 bridgehead atoms. The Morgan fingerprint density at radius 3 is 1.58 bits per heavy atom. The van der Waals surface area contributed by atoms with Crippen LogP contribution in [0.1, 0.15) is 11.1 Å². The molecule has 0 aliphatic carbocycles. The zero-order valence-electron chi connectivity index (χ0n) is 13.7. The molecule has 6 nitrogen and oxygen atoms in total. The van der Waals surface area contributed by atoms with Crippen LogP contribution in [0.25, 0.3) is 5.57 Å². The maximum Gasteiger partial charge on any atom is 0.240 e. The molecule has 2 aromatic carbocycles. The molecule has 2 rings (SSSR count). The van der Waals surface area contributed by atoms with E-state index in [9.17, 15) is 9.59 Å². The van der Waals surface area contributed by atoms with Crippen LogP contribution in [0.5, 0.6) is 11.5 Å². The number of aliphatic imine (C=N–C) groups is 2. The fraction of sp³-hybridized carbons (Fsp3) is 0.111. The number of ether oxygens (including phenoxy) is 2. The van der Waals surface area contributed by atoms with Gasteiger partial charge in [0.1, 0.15) is 27.4 Å². The van der Waals surface area contributed by atoms with Gasteiger partial charge in [0.2, 0.25) is 12.2 Å². The van der Waals surface area contributed by atoms with Gasteiger partial charge < -0.3 is 9.47 Å². The van der Waals surface area contributed by atoms with Gasteiger partial charge in [0.15, 0.2) is 0 Å². The van der Waals surface area contributed by atoms with Gasteiger partial charge in [-0.1, -0.05) is 35.3 Å². The zero-order valence-corrected chi connectivity index (χ0v) is 15.3. The first-order valence-corrected chi connectivity index (χ1v) is 7.89. The molecule has 132 valence electrons. The van der Waals surface area contributed by atoms with E-state index >= 15 is 0 Å². The number of hydrogen-bond acceptors (Lipinski definition) is 6. The Kier molecular flexibility index (Phi) is 6.73. The molecule has 2 aromatic rings. The van der Waals surface area contributed by atoms with Crippen LogP contribution in [-0.2, 0) is 9.59 Å². The summed E-state index contributed by atoms with van der Waals surface area (Å²) in [6, 6.07) is 9.81. The Bertz CT molecular complexity index is 884. The lowest BCUT2D eigenvalue weighted by atomic mass is 9.98. The number of benzene rings is 2. The van der Waals surface area contributed by atoms with Crippen molar-refractivity contribution in [2.24, 2.45) is 9.98 Å². The minimum absolute atomic E-state index is 0.0256. The highest BCUT2D eigenvalue weighted by Crippen LogP contribution is 2.39. The molecule has 26 heavy (non-hydrogen) atoms. The summed E-state index contributed by atoms with van der Waals surface area (Å²) in [5.41, 5.74) is 2.14. The van der Waals surface area contributed by atoms with Crippen molar-refractivity contribution in [2.45, 2.75) is 0 Å². The predicted octanol–water partition coefficient (Wildman–Crippen LogP) is 4.83.